The Balaban J connectivity index is 1.67. The normalized spacial score (nSPS) is 15.7. The Morgan fingerprint density at radius 1 is 0.921 bits per heavy atom. The van der Waals surface area contributed by atoms with Crippen LogP contribution in [0.3, 0.4) is 0 Å². The maximum atomic E-state index is 13.5. The minimum Gasteiger partial charge on any atom is -0.366 e. The number of unbranched alkanes of at least 4 members (excludes halogenated alkanes) is 7. The van der Waals surface area contributed by atoms with Crippen LogP contribution in [0.5, 0.6) is 0 Å². The molecule has 5 nitrogen and oxygen atoms in total. The third-order valence-corrected chi connectivity index (χ3v) is 7.39. The molecule has 1 aliphatic heterocycles. The zero-order chi connectivity index (χ0) is 27.2. The molecule has 1 N–H and O–H groups in total. The van der Waals surface area contributed by atoms with Gasteiger partial charge in [0.15, 0.2) is 0 Å². The third-order valence-electron chi connectivity index (χ3n) is 7.39. The molecule has 0 aliphatic carbocycles. The number of hydrogen-bond donors (Lipinski definition) is 1. The summed E-state index contributed by atoms with van der Waals surface area (Å²) in [6.07, 6.45) is 11.0. The number of fused-ring (bicyclic) bond motifs is 1. The number of benzene rings is 2. The lowest BCUT2D eigenvalue weighted by Gasteiger charge is -2.37. The van der Waals surface area contributed by atoms with Gasteiger partial charge in [-0.2, -0.15) is 0 Å². The molecule has 2 aromatic rings. The van der Waals surface area contributed by atoms with Crippen LogP contribution in [0.15, 0.2) is 48.5 Å². The number of carbonyl (C=O) groups is 2. The fourth-order valence-electron chi connectivity index (χ4n) is 5.04. The molecule has 6 heteroatoms. The van der Waals surface area contributed by atoms with Gasteiger partial charge in [-0.15, -0.1) is 0 Å². The van der Waals surface area contributed by atoms with Crippen LogP contribution in [0.25, 0.3) is 0 Å². The van der Waals surface area contributed by atoms with Crippen molar-refractivity contribution in [2.45, 2.75) is 103 Å². The van der Waals surface area contributed by atoms with Crippen LogP contribution in [0.2, 0.25) is 0 Å². The van der Waals surface area contributed by atoms with Gasteiger partial charge in [0.25, 0.3) is 5.91 Å². The minimum atomic E-state index is -0.526. The first-order valence-electron chi connectivity index (χ1n) is 14.6. The Morgan fingerprint density at radius 3 is 2.29 bits per heavy atom. The SMILES string of the molecule is CCCCCCCCCC(OCC1Cc2ccccc2CN1C(=O)c1ccc(F)cc1)C(=O)NCCCC. The van der Waals surface area contributed by atoms with Gasteiger partial charge in [0.05, 0.1) is 12.6 Å². The van der Waals surface area contributed by atoms with Crippen LogP contribution in [0.4, 0.5) is 4.39 Å². The maximum Gasteiger partial charge on any atom is 0.254 e. The summed E-state index contributed by atoms with van der Waals surface area (Å²) < 4.78 is 19.8. The van der Waals surface area contributed by atoms with Crippen molar-refractivity contribution >= 4 is 11.8 Å². The Kier molecular flexibility index (Phi) is 12.8. The van der Waals surface area contributed by atoms with E-state index in [4.69, 9.17) is 4.74 Å². The third kappa shape index (κ3) is 9.23. The zero-order valence-electron chi connectivity index (χ0n) is 23.2. The van der Waals surface area contributed by atoms with Crippen LogP contribution in [0, 0.1) is 5.82 Å². The smallest absolute Gasteiger partial charge is 0.254 e. The first-order valence-corrected chi connectivity index (χ1v) is 14.6. The van der Waals surface area contributed by atoms with Gasteiger partial charge in [-0.3, -0.25) is 9.59 Å². The molecule has 1 aliphatic rings. The summed E-state index contributed by atoms with van der Waals surface area (Å²) in [5, 5.41) is 3.04. The number of nitrogens with zero attached hydrogens (tertiary/aromatic N) is 1. The van der Waals surface area contributed by atoms with E-state index in [0.717, 1.165) is 31.2 Å². The minimum absolute atomic E-state index is 0.0583. The van der Waals surface area contributed by atoms with E-state index in [1.807, 2.05) is 23.1 Å². The Hall–Kier alpha value is -2.73. The number of rotatable bonds is 16. The molecule has 0 saturated carbocycles. The summed E-state index contributed by atoms with van der Waals surface area (Å²) in [6, 6.07) is 13.6. The molecule has 208 valence electrons. The molecule has 0 saturated heterocycles. The van der Waals surface area contributed by atoms with Crippen molar-refractivity contribution in [1.29, 1.82) is 0 Å². The van der Waals surface area contributed by atoms with Crippen LogP contribution in [-0.2, 0) is 22.5 Å². The summed E-state index contributed by atoms with van der Waals surface area (Å²) in [5.41, 5.74) is 2.75. The number of carbonyl (C=O) groups excluding carboxylic acids is 2. The molecule has 0 radical (unpaired) electrons. The molecule has 0 aromatic heterocycles. The molecular formula is C32H45FN2O3. The van der Waals surface area contributed by atoms with Gasteiger partial charge >= 0.3 is 0 Å². The zero-order valence-corrected chi connectivity index (χ0v) is 23.2. The van der Waals surface area contributed by atoms with E-state index in [0.29, 0.717) is 31.5 Å². The molecule has 2 atom stereocenters. The molecule has 0 spiro atoms. The fraction of sp³-hybridized carbons (Fsp3) is 0.562. The topological polar surface area (TPSA) is 58.6 Å². The monoisotopic (exact) mass is 524 g/mol. The summed E-state index contributed by atoms with van der Waals surface area (Å²) >= 11 is 0. The second kappa shape index (κ2) is 16.3. The highest BCUT2D eigenvalue weighted by molar-refractivity contribution is 5.94. The van der Waals surface area contributed by atoms with Crippen molar-refractivity contribution in [2.75, 3.05) is 13.2 Å². The lowest BCUT2D eigenvalue weighted by molar-refractivity contribution is -0.134. The maximum absolute atomic E-state index is 13.5. The van der Waals surface area contributed by atoms with E-state index in [2.05, 4.69) is 25.2 Å². The van der Waals surface area contributed by atoms with Gasteiger partial charge in [0, 0.05) is 18.7 Å². The number of hydrogen-bond acceptors (Lipinski definition) is 3. The molecule has 38 heavy (non-hydrogen) atoms. The average molecular weight is 525 g/mol. The highest BCUT2D eigenvalue weighted by Gasteiger charge is 2.32. The Morgan fingerprint density at radius 2 is 1.58 bits per heavy atom. The number of halogens is 1. The van der Waals surface area contributed by atoms with Gasteiger partial charge in [-0.05, 0) is 54.7 Å². The number of nitrogens with one attached hydrogen (secondary N) is 1. The predicted octanol–water partition coefficient (Wildman–Crippen LogP) is 6.84. The summed E-state index contributed by atoms with van der Waals surface area (Å²) in [5.74, 6) is -0.575. The van der Waals surface area contributed by atoms with Gasteiger partial charge in [0.1, 0.15) is 11.9 Å². The van der Waals surface area contributed by atoms with E-state index in [9.17, 15) is 14.0 Å². The summed E-state index contributed by atoms with van der Waals surface area (Å²) in [4.78, 5) is 28.3. The van der Waals surface area contributed by atoms with Gasteiger partial charge in [0.2, 0.25) is 5.91 Å². The highest BCUT2D eigenvalue weighted by Crippen LogP contribution is 2.26. The van der Waals surface area contributed by atoms with E-state index < -0.39 is 6.10 Å². The van der Waals surface area contributed by atoms with E-state index >= 15 is 0 Å². The molecule has 3 rings (SSSR count). The van der Waals surface area contributed by atoms with Crippen molar-refractivity contribution in [3.05, 3.63) is 71.0 Å². The number of amides is 2. The predicted molar refractivity (Wildman–Crippen MR) is 150 cm³/mol. The van der Waals surface area contributed by atoms with Crippen LogP contribution in [-0.4, -0.2) is 42.0 Å². The molecule has 2 amide bonds. The molecule has 2 unspecified atom stereocenters. The van der Waals surface area contributed by atoms with Crippen molar-refractivity contribution in [3.8, 4) is 0 Å². The quantitative estimate of drug-likeness (QED) is 0.245. The first-order chi connectivity index (χ1) is 18.5. The molecule has 0 fully saturated rings. The van der Waals surface area contributed by atoms with Crippen molar-refractivity contribution in [2.24, 2.45) is 0 Å². The van der Waals surface area contributed by atoms with Gasteiger partial charge < -0.3 is 15.0 Å². The molecule has 2 aromatic carbocycles. The van der Waals surface area contributed by atoms with Gasteiger partial charge in [-0.25, -0.2) is 4.39 Å². The first kappa shape index (κ1) is 29.8. The fourth-order valence-corrected chi connectivity index (χ4v) is 5.04. The Labute approximate surface area is 228 Å². The van der Waals surface area contributed by atoms with Gasteiger partial charge in [-0.1, -0.05) is 89.5 Å². The second-order valence-electron chi connectivity index (χ2n) is 10.4. The summed E-state index contributed by atoms with van der Waals surface area (Å²) in [7, 11) is 0. The average Bonchev–Trinajstić information content (AvgIpc) is 2.93. The van der Waals surface area contributed by atoms with E-state index in [-0.39, 0.29) is 30.3 Å². The summed E-state index contributed by atoms with van der Waals surface area (Å²) in [6.45, 7) is 5.72. The van der Waals surface area contributed by atoms with E-state index in [1.54, 1.807) is 0 Å². The standard InChI is InChI=1S/C32H45FN2O3/c1-3-5-7-8-9-10-11-16-30(31(36)34-21-6-4-2)38-24-29-22-26-14-12-13-15-27(26)23-35(29)32(37)25-17-19-28(33)20-18-25/h12-15,17-20,29-30H,3-11,16,21-24H2,1-2H3,(H,34,36). The van der Waals surface area contributed by atoms with Crippen LogP contribution in [0.1, 0.15) is 99.5 Å². The van der Waals surface area contributed by atoms with Crippen molar-refractivity contribution in [1.82, 2.24) is 10.2 Å². The second-order valence-corrected chi connectivity index (χ2v) is 10.4. The lowest BCUT2D eigenvalue weighted by atomic mass is 9.93. The van der Waals surface area contributed by atoms with Crippen molar-refractivity contribution in [3.63, 3.8) is 0 Å². The molecular weight excluding hydrogens is 479 g/mol. The number of ether oxygens (including phenoxy) is 1. The highest BCUT2D eigenvalue weighted by atomic mass is 19.1. The molecule has 0 bridgehead atoms. The van der Waals surface area contributed by atoms with E-state index in [1.165, 1.54) is 61.9 Å². The Bertz CT molecular complexity index is 994. The van der Waals surface area contributed by atoms with Crippen LogP contribution >= 0.6 is 0 Å². The van der Waals surface area contributed by atoms with Crippen molar-refractivity contribution < 1.29 is 18.7 Å². The molecule has 1 heterocycles. The van der Waals surface area contributed by atoms with Crippen LogP contribution < -0.4 is 5.32 Å². The lowest BCUT2D eigenvalue weighted by Crippen LogP contribution is -2.48. The largest absolute Gasteiger partial charge is 0.366 e.